The first-order chi connectivity index (χ1) is 12.7. The summed E-state index contributed by atoms with van der Waals surface area (Å²) >= 11 is 0. The lowest BCUT2D eigenvalue weighted by Crippen LogP contribution is -2.52. The third kappa shape index (κ3) is 7.10. The summed E-state index contributed by atoms with van der Waals surface area (Å²) in [5.74, 6) is 0. The van der Waals surface area contributed by atoms with Gasteiger partial charge in [0.2, 0.25) is 0 Å². The van der Waals surface area contributed by atoms with Crippen LogP contribution in [-0.2, 0) is 0 Å². The summed E-state index contributed by atoms with van der Waals surface area (Å²) in [5, 5.41) is 40.5. The van der Waals surface area contributed by atoms with E-state index in [9.17, 15) is 20.4 Å². The SMILES string of the molecule is OCC1(CO)CCCCCCCCCCCCCCCCC1(CO)CO. The normalized spacial score (nSPS) is 24.5. The maximum absolute atomic E-state index is 10.1. The Bertz CT molecular complexity index is 292. The van der Waals surface area contributed by atoms with E-state index in [0.29, 0.717) is 12.8 Å². The van der Waals surface area contributed by atoms with Gasteiger partial charge in [-0.3, -0.25) is 0 Å². The van der Waals surface area contributed by atoms with Gasteiger partial charge in [-0.05, 0) is 12.8 Å². The van der Waals surface area contributed by atoms with Crippen molar-refractivity contribution in [1.82, 2.24) is 0 Å². The Hall–Kier alpha value is -0.160. The lowest BCUT2D eigenvalue weighted by molar-refractivity contribution is -0.124. The molecule has 0 heterocycles. The average Bonchev–Trinajstić information content (AvgIpc) is 2.68. The smallest absolute Gasteiger partial charge is 0.0516 e. The summed E-state index contributed by atoms with van der Waals surface area (Å²) in [6.07, 6.45) is 18.3. The van der Waals surface area contributed by atoms with E-state index in [0.717, 1.165) is 25.7 Å². The zero-order valence-electron chi connectivity index (χ0n) is 16.9. The highest BCUT2D eigenvalue weighted by Crippen LogP contribution is 2.46. The van der Waals surface area contributed by atoms with Crippen LogP contribution in [0.2, 0.25) is 0 Å². The van der Waals surface area contributed by atoms with Gasteiger partial charge in [0.05, 0.1) is 26.4 Å². The van der Waals surface area contributed by atoms with Crippen LogP contribution in [0.15, 0.2) is 0 Å². The van der Waals surface area contributed by atoms with E-state index in [1.165, 1.54) is 64.2 Å². The molecule has 0 aromatic rings. The molecule has 1 aliphatic rings. The minimum atomic E-state index is -0.790. The molecule has 0 unspecified atom stereocenters. The van der Waals surface area contributed by atoms with Crippen LogP contribution in [0.1, 0.15) is 103 Å². The molecule has 1 aliphatic carbocycles. The minimum Gasteiger partial charge on any atom is -0.396 e. The summed E-state index contributed by atoms with van der Waals surface area (Å²) in [6.45, 7) is -0.704. The van der Waals surface area contributed by atoms with Gasteiger partial charge in [0, 0.05) is 10.8 Å². The van der Waals surface area contributed by atoms with Crippen molar-refractivity contribution in [3.63, 3.8) is 0 Å². The second-order valence-electron chi connectivity index (χ2n) is 8.64. The Labute approximate surface area is 161 Å². The molecule has 0 bridgehead atoms. The first-order valence-electron chi connectivity index (χ1n) is 11.1. The van der Waals surface area contributed by atoms with Crippen LogP contribution in [0.4, 0.5) is 0 Å². The molecule has 156 valence electrons. The molecule has 4 heteroatoms. The molecule has 1 fully saturated rings. The van der Waals surface area contributed by atoms with Gasteiger partial charge in [0.1, 0.15) is 0 Å². The Morgan fingerprint density at radius 1 is 0.346 bits per heavy atom. The topological polar surface area (TPSA) is 80.9 Å². The van der Waals surface area contributed by atoms with Gasteiger partial charge >= 0.3 is 0 Å². The van der Waals surface area contributed by atoms with Crippen molar-refractivity contribution in [3.05, 3.63) is 0 Å². The summed E-state index contributed by atoms with van der Waals surface area (Å²) in [6, 6.07) is 0. The lowest BCUT2D eigenvalue weighted by atomic mass is 9.60. The molecule has 1 saturated carbocycles. The predicted octanol–water partition coefficient (Wildman–Crippen LogP) is 4.18. The van der Waals surface area contributed by atoms with Crippen LogP contribution >= 0.6 is 0 Å². The van der Waals surface area contributed by atoms with Crippen molar-refractivity contribution >= 4 is 0 Å². The van der Waals surface area contributed by atoms with Crippen molar-refractivity contribution in [2.75, 3.05) is 26.4 Å². The maximum Gasteiger partial charge on any atom is 0.0516 e. The van der Waals surface area contributed by atoms with Gasteiger partial charge in [0.25, 0.3) is 0 Å². The molecule has 0 saturated heterocycles. The van der Waals surface area contributed by atoms with E-state index >= 15 is 0 Å². The van der Waals surface area contributed by atoms with E-state index < -0.39 is 10.8 Å². The molecule has 0 aliphatic heterocycles. The van der Waals surface area contributed by atoms with Gasteiger partial charge in [-0.2, -0.15) is 0 Å². The van der Waals surface area contributed by atoms with Crippen molar-refractivity contribution in [1.29, 1.82) is 0 Å². The number of hydrogen-bond acceptors (Lipinski definition) is 4. The van der Waals surface area contributed by atoms with Crippen molar-refractivity contribution in [2.24, 2.45) is 10.8 Å². The fraction of sp³-hybridized carbons (Fsp3) is 1.00. The molecule has 1 rings (SSSR count). The molecule has 4 N–H and O–H groups in total. The largest absolute Gasteiger partial charge is 0.396 e. The molecular weight excluding hydrogens is 328 g/mol. The Kier molecular flexibility index (Phi) is 12.8. The van der Waals surface area contributed by atoms with Crippen LogP contribution in [0, 0.1) is 10.8 Å². The van der Waals surface area contributed by atoms with Gasteiger partial charge in [0.15, 0.2) is 0 Å². The van der Waals surface area contributed by atoms with Gasteiger partial charge < -0.3 is 20.4 Å². The molecule has 0 atom stereocenters. The molecule has 26 heavy (non-hydrogen) atoms. The van der Waals surface area contributed by atoms with Gasteiger partial charge in [-0.15, -0.1) is 0 Å². The first kappa shape index (κ1) is 23.9. The summed E-state index contributed by atoms with van der Waals surface area (Å²) < 4.78 is 0. The van der Waals surface area contributed by atoms with E-state index in [1.54, 1.807) is 0 Å². The standard InChI is InChI=1S/C22H44O4/c23-17-21(18-24)15-13-11-9-7-5-3-1-2-4-6-8-10-12-14-16-22(21,19-25)20-26/h23-26H,1-20H2. The van der Waals surface area contributed by atoms with Crippen LogP contribution in [0.5, 0.6) is 0 Å². The highest BCUT2D eigenvalue weighted by Gasteiger charge is 2.49. The predicted molar refractivity (Wildman–Crippen MR) is 107 cm³/mol. The third-order valence-electron chi connectivity index (χ3n) is 6.90. The molecule has 0 aromatic heterocycles. The van der Waals surface area contributed by atoms with Gasteiger partial charge in [-0.1, -0.05) is 89.9 Å². The first-order valence-corrected chi connectivity index (χ1v) is 11.1. The monoisotopic (exact) mass is 372 g/mol. The van der Waals surface area contributed by atoms with Crippen LogP contribution < -0.4 is 0 Å². The molecular formula is C22H44O4. The third-order valence-corrected chi connectivity index (χ3v) is 6.90. The lowest BCUT2D eigenvalue weighted by Gasteiger charge is -2.47. The minimum absolute atomic E-state index is 0.176. The molecule has 0 spiro atoms. The highest BCUT2D eigenvalue weighted by atomic mass is 16.3. The average molecular weight is 373 g/mol. The fourth-order valence-electron chi connectivity index (χ4n) is 4.67. The van der Waals surface area contributed by atoms with Crippen molar-refractivity contribution in [3.8, 4) is 0 Å². The fourth-order valence-corrected chi connectivity index (χ4v) is 4.67. The summed E-state index contributed by atoms with van der Waals surface area (Å²) in [5.41, 5.74) is -1.58. The maximum atomic E-state index is 10.1. The summed E-state index contributed by atoms with van der Waals surface area (Å²) in [4.78, 5) is 0. The number of rotatable bonds is 4. The van der Waals surface area contributed by atoms with Crippen molar-refractivity contribution in [2.45, 2.75) is 103 Å². The number of aliphatic hydroxyl groups is 4. The second-order valence-corrected chi connectivity index (χ2v) is 8.64. The number of aliphatic hydroxyl groups excluding tert-OH is 4. The molecule has 4 nitrogen and oxygen atoms in total. The second kappa shape index (κ2) is 13.9. The van der Waals surface area contributed by atoms with Crippen LogP contribution in [0.25, 0.3) is 0 Å². The van der Waals surface area contributed by atoms with Crippen molar-refractivity contribution < 1.29 is 20.4 Å². The zero-order valence-corrected chi connectivity index (χ0v) is 16.9. The Morgan fingerprint density at radius 3 is 0.731 bits per heavy atom. The van der Waals surface area contributed by atoms with E-state index in [1.807, 2.05) is 0 Å². The highest BCUT2D eigenvalue weighted by molar-refractivity contribution is 4.97. The van der Waals surface area contributed by atoms with E-state index in [2.05, 4.69) is 0 Å². The van der Waals surface area contributed by atoms with E-state index in [-0.39, 0.29) is 26.4 Å². The Morgan fingerprint density at radius 2 is 0.538 bits per heavy atom. The Balaban J connectivity index is 2.74. The molecule has 0 amide bonds. The quantitative estimate of drug-likeness (QED) is 0.597. The molecule has 0 radical (unpaired) electrons. The van der Waals surface area contributed by atoms with Crippen LogP contribution in [0.3, 0.4) is 0 Å². The number of hydrogen-bond donors (Lipinski definition) is 4. The molecule has 0 aromatic carbocycles. The van der Waals surface area contributed by atoms with E-state index in [4.69, 9.17) is 0 Å². The van der Waals surface area contributed by atoms with Crippen LogP contribution in [-0.4, -0.2) is 46.9 Å². The zero-order chi connectivity index (χ0) is 19.1. The summed E-state index contributed by atoms with van der Waals surface area (Å²) in [7, 11) is 0. The van der Waals surface area contributed by atoms with Gasteiger partial charge in [-0.25, -0.2) is 0 Å².